The van der Waals surface area contributed by atoms with Crippen molar-refractivity contribution in [3.05, 3.63) is 58.3 Å². The van der Waals surface area contributed by atoms with Gasteiger partial charge < -0.3 is 19.8 Å². The number of nitrogens with one attached hydrogen (secondary N) is 2. The number of rotatable bonds is 7. The van der Waals surface area contributed by atoms with Crippen LogP contribution in [-0.4, -0.2) is 36.2 Å². The largest absolute Gasteiger partial charge is 0.493 e. The molecule has 0 aliphatic carbocycles. The van der Waals surface area contributed by atoms with Gasteiger partial charge >= 0.3 is 5.69 Å². The number of fused-ring (bicyclic) bond motifs is 1. The molecule has 142 valence electrons. The van der Waals surface area contributed by atoms with Gasteiger partial charge in [-0.1, -0.05) is 6.07 Å². The highest BCUT2D eigenvalue weighted by Crippen LogP contribution is 2.27. The van der Waals surface area contributed by atoms with E-state index < -0.39 is 11.5 Å². The topological polar surface area (TPSA) is 85.4 Å². The summed E-state index contributed by atoms with van der Waals surface area (Å²) in [5.74, 6) is 0.511. The number of imidazole rings is 1. The highest BCUT2D eigenvalue weighted by molar-refractivity contribution is 5.80. The second kappa shape index (κ2) is 7.94. The average molecular weight is 373 g/mol. The Hall–Kier alpha value is -3.29. The number of carbonyl (C=O) groups excluding carboxylic acids is 1. The van der Waals surface area contributed by atoms with E-state index in [4.69, 9.17) is 9.47 Å². The summed E-state index contributed by atoms with van der Waals surface area (Å²) >= 11 is 0. The first-order valence-electron chi connectivity index (χ1n) is 8.37. The van der Waals surface area contributed by atoms with Gasteiger partial charge in [0.25, 0.3) is 0 Å². The van der Waals surface area contributed by atoms with Crippen LogP contribution >= 0.6 is 0 Å². The molecule has 1 aromatic heterocycles. The second-order valence-corrected chi connectivity index (χ2v) is 5.97. The predicted molar refractivity (Wildman–Crippen MR) is 98.8 cm³/mol. The van der Waals surface area contributed by atoms with Crippen LogP contribution in [0.25, 0.3) is 11.0 Å². The number of hydrogen-bond donors (Lipinski definition) is 2. The van der Waals surface area contributed by atoms with Crippen molar-refractivity contribution in [1.82, 2.24) is 14.9 Å². The molecule has 0 unspecified atom stereocenters. The highest BCUT2D eigenvalue weighted by Gasteiger charge is 2.11. The van der Waals surface area contributed by atoms with E-state index in [1.807, 2.05) is 12.1 Å². The number of aromatic amines is 1. The number of aromatic nitrogens is 2. The molecule has 1 amide bonds. The maximum atomic E-state index is 13.2. The number of H-pyrrole nitrogens is 1. The van der Waals surface area contributed by atoms with Gasteiger partial charge in [0, 0.05) is 6.54 Å². The van der Waals surface area contributed by atoms with E-state index in [0.717, 1.165) is 5.56 Å². The van der Waals surface area contributed by atoms with Crippen molar-refractivity contribution in [3.8, 4) is 11.5 Å². The van der Waals surface area contributed by atoms with Crippen molar-refractivity contribution in [2.45, 2.75) is 13.0 Å². The summed E-state index contributed by atoms with van der Waals surface area (Å²) in [6.07, 6.45) is 0.597. The molecule has 0 bridgehead atoms. The molecule has 3 aromatic rings. The molecular weight excluding hydrogens is 353 g/mol. The minimum atomic E-state index is -0.453. The van der Waals surface area contributed by atoms with Crippen LogP contribution in [0.4, 0.5) is 4.39 Å². The summed E-state index contributed by atoms with van der Waals surface area (Å²) in [7, 11) is 3.13. The zero-order valence-electron chi connectivity index (χ0n) is 15.0. The first-order chi connectivity index (χ1) is 13.0. The van der Waals surface area contributed by atoms with E-state index in [0.29, 0.717) is 35.5 Å². The van der Waals surface area contributed by atoms with Crippen molar-refractivity contribution >= 4 is 16.9 Å². The molecule has 27 heavy (non-hydrogen) atoms. The third-order valence-corrected chi connectivity index (χ3v) is 4.22. The standard InChI is InChI=1S/C19H20FN3O4/c1-26-16-6-3-12(9-17(16)27-2)7-8-21-18(24)11-23-15-5-4-13(20)10-14(15)22-19(23)25/h3-6,9-10H,7-8,11H2,1-2H3,(H,21,24)(H,22,25). The SMILES string of the molecule is COc1ccc(CCNC(=O)Cn2c(=O)[nH]c3cc(F)ccc32)cc1OC. The molecule has 8 heteroatoms. The molecule has 0 aliphatic heterocycles. The Morgan fingerprint density at radius 2 is 1.93 bits per heavy atom. The maximum Gasteiger partial charge on any atom is 0.326 e. The lowest BCUT2D eigenvalue weighted by Gasteiger charge is -2.10. The van der Waals surface area contributed by atoms with Crippen molar-refractivity contribution in [2.24, 2.45) is 0 Å². The monoisotopic (exact) mass is 373 g/mol. The fourth-order valence-electron chi connectivity index (χ4n) is 2.87. The first kappa shape index (κ1) is 18.5. The molecule has 7 nitrogen and oxygen atoms in total. The minimum Gasteiger partial charge on any atom is -0.493 e. The fraction of sp³-hybridized carbons (Fsp3) is 0.263. The Labute approximate surface area is 154 Å². The highest BCUT2D eigenvalue weighted by atomic mass is 19.1. The van der Waals surface area contributed by atoms with E-state index in [2.05, 4.69) is 10.3 Å². The molecule has 2 N–H and O–H groups in total. The molecule has 0 spiro atoms. The van der Waals surface area contributed by atoms with E-state index in [1.54, 1.807) is 20.3 Å². The minimum absolute atomic E-state index is 0.142. The van der Waals surface area contributed by atoms with E-state index in [1.165, 1.54) is 22.8 Å². The Kier molecular flexibility index (Phi) is 5.44. The number of hydrogen-bond acceptors (Lipinski definition) is 4. The molecular formula is C19H20FN3O4. The van der Waals surface area contributed by atoms with Gasteiger partial charge in [-0.25, -0.2) is 9.18 Å². The van der Waals surface area contributed by atoms with Crippen molar-refractivity contribution in [3.63, 3.8) is 0 Å². The molecule has 1 heterocycles. The Morgan fingerprint density at radius 1 is 1.15 bits per heavy atom. The van der Waals surface area contributed by atoms with Gasteiger partial charge in [-0.3, -0.25) is 9.36 Å². The number of methoxy groups -OCH3 is 2. The third kappa shape index (κ3) is 4.11. The number of carbonyl (C=O) groups is 1. The lowest BCUT2D eigenvalue weighted by atomic mass is 10.1. The van der Waals surface area contributed by atoms with Crippen LogP contribution in [-0.2, 0) is 17.8 Å². The number of ether oxygens (including phenoxy) is 2. The molecule has 0 saturated heterocycles. The third-order valence-electron chi connectivity index (χ3n) is 4.22. The van der Waals surface area contributed by atoms with Crippen LogP contribution in [0.15, 0.2) is 41.2 Å². The van der Waals surface area contributed by atoms with Crippen molar-refractivity contribution in [1.29, 1.82) is 0 Å². The van der Waals surface area contributed by atoms with Crippen LogP contribution < -0.4 is 20.5 Å². The summed E-state index contributed by atoms with van der Waals surface area (Å²) < 4.78 is 25.0. The van der Waals surface area contributed by atoms with Crippen LogP contribution in [0.5, 0.6) is 11.5 Å². The van der Waals surface area contributed by atoms with Gasteiger partial charge in [-0.15, -0.1) is 0 Å². The van der Waals surface area contributed by atoms with Crippen LogP contribution in [0, 0.1) is 5.82 Å². The summed E-state index contributed by atoms with van der Waals surface area (Å²) in [4.78, 5) is 26.7. The lowest BCUT2D eigenvalue weighted by molar-refractivity contribution is -0.121. The summed E-state index contributed by atoms with van der Waals surface area (Å²) in [5, 5.41) is 2.78. The van der Waals surface area contributed by atoms with Gasteiger partial charge in [0.15, 0.2) is 11.5 Å². The molecule has 2 aromatic carbocycles. The normalized spacial score (nSPS) is 10.8. The number of nitrogens with zero attached hydrogens (tertiary/aromatic N) is 1. The average Bonchev–Trinajstić information content (AvgIpc) is 2.95. The molecule has 3 rings (SSSR count). The quantitative estimate of drug-likeness (QED) is 0.662. The van der Waals surface area contributed by atoms with Gasteiger partial charge in [0.05, 0.1) is 25.3 Å². The smallest absolute Gasteiger partial charge is 0.326 e. The zero-order chi connectivity index (χ0) is 19.4. The molecule has 0 atom stereocenters. The Balaban J connectivity index is 1.61. The lowest BCUT2D eigenvalue weighted by Crippen LogP contribution is -2.32. The summed E-state index contributed by atoms with van der Waals surface area (Å²) in [5.41, 5.74) is 1.37. The van der Waals surface area contributed by atoms with E-state index >= 15 is 0 Å². The van der Waals surface area contributed by atoms with Crippen LogP contribution in [0.1, 0.15) is 5.56 Å². The van der Waals surface area contributed by atoms with Crippen molar-refractivity contribution < 1.29 is 18.7 Å². The first-order valence-corrected chi connectivity index (χ1v) is 8.37. The number of amides is 1. The van der Waals surface area contributed by atoms with Crippen LogP contribution in [0.3, 0.4) is 0 Å². The Bertz CT molecular complexity index is 1030. The maximum absolute atomic E-state index is 13.2. The summed E-state index contributed by atoms with van der Waals surface area (Å²) in [6.45, 7) is 0.260. The Morgan fingerprint density at radius 3 is 2.67 bits per heavy atom. The number of benzene rings is 2. The molecule has 0 radical (unpaired) electrons. The number of halogens is 1. The van der Waals surface area contributed by atoms with Gasteiger partial charge in [-0.05, 0) is 42.3 Å². The zero-order valence-corrected chi connectivity index (χ0v) is 15.0. The van der Waals surface area contributed by atoms with Gasteiger partial charge in [0.2, 0.25) is 5.91 Å². The van der Waals surface area contributed by atoms with E-state index in [-0.39, 0.29) is 12.5 Å². The fourth-order valence-corrected chi connectivity index (χ4v) is 2.87. The van der Waals surface area contributed by atoms with Gasteiger partial charge in [0.1, 0.15) is 12.4 Å². The van der Waals surface area contributed by atoms with E-state index in [9.17, 15) is 14.0 Å². The van der Waals surface area contributed by atoms with Crippen molar-refractivity contribution in [2.75, 3.05) is 20.8 Å². The molecule has 0 saturated carbocycles. The van der Waals surface area contributed by atoms with Gasteiger partial charge in [-0.2, -0.15) is 0 Å². The molecule has 0 fully saturated rings. The molecule has 0 aliphatic rings. The summed E-state index contributed by atoms with van der Waals surface area (Å²) in [6, 6.07) is 9.50. The predicted octanol–water partition coefficient (Wildman–Crippen LogP) is 1.84. The second-order valence-electron chi connectivity index (χ2n) is 5.97. The van der Waals surface area contributed by atoms with Crippen LogP contribution in [0.2, 0.25) is 0 Å².